The summed E-state index contributed by atoms with van der Waals surface area (Å²) in [6, 6.07) is 85.0. The van der Waals surface area contributed by atoms with Crippen LogP contribution in [0.3, 0.4) is 0 Å². The highest BCUT2D eigenvalue weighted by atomic mass is 16.3. The maximum Gasteiger partial charge on any atom is 0.160 e. The molecule has 318 valence electrons. The monoisotopic (exact) mass is 868 g/mol. The maximum absolute atomic E-state index is 6.42. The van der Waals surface area contributed by atoms with Crippen molar-refractivity contribution >= 4 is 38.2 Å². The van der Waals surface area contributed by atoms with Gasteiger partial charge < -0.3 is 4.42 Å². The SMILES string of the molecule is c1ccc(-c2nc(-c3ccc(-c4cccc5c4oc4ccccc45)cc3)cc(-c3cccc(-c4c(-c5ccccc5)n5nc(-c6ccccc6)c(-c6ccccc6)c5c5ccccc45)c3)n2)cc1. The van der Waals surface area contributed by atoms with E-state index in [0.29, 0.717) is 5.82 Å². The second-order valence-electron chi connectivity index (χ2n) is 17.1. The van der Waals surface area contributed by atoms with Crippen LogP contribution in [-0.4, -0.2) is 19.6 Å². The molecule has 0 saturated carbocycles. The predicted octanol–water partition coefficient (Wildman–Crippen LogP) is 16.5. The van der Waals surface area contributed by atoms with Crippen LogP contribution in [0.2, 0.25) is 0 Å². The Kier molecular flexibility index (Phi) is 9.43. The van der Waals surface area contributed by atoms with Crippen molar-refractivity contribution in [2.24, 2.45) is 0 Å². The molecule has 9 aromatic carbocycles. The third kappa shape index (κ3) is 6.68. The number of para-hydroxylation sites is 2. The maximum atomic E-state index is 6.42. The zero-order chi connectivity index (χ0) is 45.0. The number of furan rings is 1. The van der Waals surface area contributed by atoms with E-state index in [0.717, 1.165) is 122 Å². The Hall–Kier alpha value is -9.19. The van der Waals surface area contributed by atoms with Crippen molar-refractivity contribution in [1.29, 1.82) is 0 Å². The molecular formula is C63H40N4O. The van der Waals surface area contributed by atoms with Gasteiger partial charge in [0.05, 0.1) is 22.6 Å². The summed E-state index contributed by atoms with van der Waals surface area (Å²) in [6.45, 7) is 0. The fraction of sp³-hybridized carbons (Fsp3) is 0. The van der Waals surface area contributed by atoms with E-state index in [-0.39, 0.29) is 0 Å². The first-order valence-electron chi connectivity index (χ1n) is 22.9. The summed E-state index contributed by atoms with van der Waals surface area (Å²) < 4.78 is 8.61. The van der Waals surface area contributed by atoms with Gasteiger partial charge in [-0.2, -0.15) is 5.10 Å². The van der Waals surface area contributed by atoms with Crippen LogP contribution in [-0.2, 0) is 0 Å². The molecule has 0 aliphatic carbocycles. The summed E-state index contributed by atoms with van der Waals surface area (Å²) in [5.74, 6) is 0.662. The molecule has 0 aliphatic heterocycles. The van der Waals surface area contributed by atoms with Crippen LogP contribution in [0.1, 0.15) is 0 Å². The largest absolute Gasteiger partial charge is 0.455 e. The first kappa shape index (κ1) is 39.2. The lowest BCUT2D eigenvalue weighted by Crippen LogP contribution is -2.00. The van der Waals surface area contributed by atoms with E-state index < -0.39 is 0 Å². The molecule has 13 aromatic rings. The molecule has 5 heteroatoms. The first-order valence-corrected chi connectivity index (χ1v) is 22.9. The summed E-state index contributed by atoms with van der Waals surface area (Å²) in [5.41, 5.74) is 18.0. The Labute approximate surface area is 392 Å². The zero-order valence-electron chi connectivity index (χ0n) is 36.8. The molecule has 0 spiro atoms. The van der Waals surface area contributed by atoms with Crippen LogP contribution < -0.4 is 0 Å². The second-order valence-corrected chi connectivity index (χ2v) is 17.1. The quantitative estimate of drug-likeness (QED) is 0.153. The summed E-state index contributed by atoms with van der Waals surface area (Å²) in [7, 11) is 0. The lowest BCUT2D eigenvalue weighted by Gasteiger charge is -2.18. The van der Waals surface area contributed by atoms with Crippen LogP contribution >= 0.6 is 0 Å². The van der Waals surface area contributed by atoms with E-state index in [1.54, 1.807) is 0 Å². The highest BCUT2D eigenvalue weighted by molar-refractivity contribution is 6.15. The Bertz CT molecular complexity index is 3990. The molecular weight excluding hydrogens is 829 g/mol. The van der Waals surface area contributed by atoms with E-state index in [1.807, 2.05) is 30.3 Å². The number of hydrogen-bond donors (Lipinski definition) is 0. The van der Waals surface area contributed by atoms with Gasteiger partial charge in [0.1, 0.15) is 16.9 Å². The smallest absolute Gasteiger partial charge is 0.160 e. The summed E-state index contributed by atoms with van der Waals surface area (Å²) in [5, 5.41) is 10.1. The minimum atomic E-state index is 0.662. The minimum absolute atomic E-state index is 0.662. The van der Waals surface area contributed by atoms with Crippen LogP contribution in [0.5, 0.6) is 0 Å². The van der Waals surface area contributed by atoms with Gasteiger partial charge in [-0.1, -0.05) is 224 Å². The van der Waals surface area contributed by atoms with Crippen molar-refractivity contribution in [1.82, 2.24) is 19.6 Å². The van der Waals surface area contributed by atoms with Crippen molar-refractivity contribution in [3.8, 4) is 89.8 Å². The fourth-order valence-corrected chi connectivity index (χ4v) is 9.89. The predicted molar refractivity (Wildman–Crippen MR) is 279 cm³/mol. The highest BCUT2D eigenvalue weighted by Crippen LogP contribution is 2.46. The van der Waals surface area contributed by atoms with Gasteiger partial charge in [0.25, 0.3) is 0 Å². The van der Waals surface area contributed by atoms with Gasteiger partial charge in [0.15, 0.2) is 5.82 Å². The molecule has 0 radical (unpaired) electrons. The Balaban J connectivity index is 0.999. The van der Waals surface area contributed by atoms with E-state index in [9.17, 15) is 0 Å². The van der Waals surface area contributed by atoms with Crippen molar-refractivity contribution < 1.29 is 4.42 Å². The van der Waals surface area contributed by atoms with Gasteiger partial charge >= 0.3 is 0 Å². The van der Waals surface area contributed by atoms with Crippen molar-refractivity contribution in [3.63, 3.8) is 0 Å². The van der Waals surface area contributed by atoms with E-state index in [2.05, 4.69) is 217 Å². The molecule has 0 fully saturated rings. The number of nitrogens with zero attached hydrogens (tertiary/aromatic N) is 4. The lowest BCUT2D eigenvalue weighted by molar-refractivity contribution is 0.670. The molecule has 0 atom stereocenters. The zero-order valence-corrected chi connectivity index (χ0v) is 36.8. The molecule has 0 unspecified atom stereocenters. The molecule has 13 rings (SSSR count). The van der Waals surface area contributed by atoms with Crippen molar-refractivity contribution in [2.45, 2.75) is 0 Å². The normalized spacial score (nSPS) is 11.5. The number of fused-ring (bicyclic) bond motifs is 6. The summed E-state index contributed by atoms with van der Waals surface area (Å²) in [6.07, 6.45) is 0. The molecule has 0 aliphatic rings. The molecule has 4 heterocycles. The molecule has 68 heavy (non-hydrogen) atoms. The molecule has 0 amide bonds. The van der Waals surface area contributed by atoms with Crippen LogP contribution in [0.25, 0.3) is 128 Å². The van der Waals surface area contributed by atoms with Gasteiger partial charge in [-0.25, -0.2) is 14.5 Å². The standard InChI is InChI=1S/C63H40N4O/c1-5-19-43(20-6-1)58-59(44-21-7-2-8-22-44)66-67-60(45-23-9-3-10-24-45)57(51-30-13-14-31-52(51)61(58)67)48-28-17-27-47(39-48)55-40-54(64-63(65-55)46-25-11-4-12-26-46)42-37-35-41(36-38-42)49-32-18-33-53-50-29-15-16-34-56(50)68-62(49)53/h1-40H. The third-order valence-corrected chi connectivity index (χ3v) is 13.0. The topological polar surface area (TPSA) is 56.2 Å². The third-order valence-electron chi connectivity index (χ3n) is 13.0. The second kappa shape index (κ2) is 16.4. The molecule has 0 N–H and O–H groups in total. The summed E-state index contributed by atoms with van der Waals surface area (Å²) in [4.78, 5) is 10.5. The fourth-order valence-electron chi connectivity index (χ4n) is 9.89. The van der Waals surface area contributed by atoms with Crippen LogP contribution in [0.15, 0.2) is 247 Å². The minimum Gasteiger partial charge on any atom is -0.455 e. The van der Waals surface area contributed by atoms with Crippen LogP contribution in [0.4, 0.5) is 0 Å². The van der Waals surface area contributed by atoms with Gasteiger partial charge in [0, 0.05) is 60.7 Å². The molecule has 5 nitrogen and oxygen atoms in total. The number of benzene rings is 9. The molecule has 0 bridgehead atoms. The number of hydrogen-bond acceptors (Lipinski definition) is 4. The summed E-state index contributed by atoms with van der Waals surface area (Å²) >= 11 is 0. The van der Waals surface area contributed by atoms with E-state index in [1.165, 1.54) is 0 Å². The lowest BCUT2D eigenvalue weighted by atomic mass is 9.90. The van der Waals surface area contributed by atoms with E-state index >= 15 is 0 Å². The average molecular weight is 869 g/mol. The number of rotatable bonds is 8. The van der Waals surface area contributed by atoms with E-state index in [4.69, 9.17) is 19.5 Å². The van der Waals surface area contributed by atoms with Crippen molar-refractivity contribution in [2.75, 3.05) is 0 Å². The first-order chi connectivity index (χ1) is 33.7. The van der Waals surface area contributed by atoms with Crippen molar-refractivity contribution in [3.05, 3.63) is 243 Å². The Morgan fingerprint density at radius 3 is 1.59 bits per heavy atom. The molecule has 4 aromatic heterocycles. The van der Waals surface area contributed by atoms with Gasteiger partial charge in [-0.05, 0) is 40.3 Å². The number of aromatic nitrogens is 4. The average Bonchev–Trinajstić information content (AvgIpc) is 4.01. The van der Waals surface area contributed by atoms with Gasteiger partial charge in [0.2, 0.25) is 0 Å². The highest BCUT2D eigenvalue weighted by Gasteiger charge is 2.25. The Morgan fingerprint density at radius 1 is 0.338 bits per heavy atom. The molecule has 0 saturated heterocycles. The van der Waals surface area contributed by atoms with Gasteiger partial charge in [-0.3, -0.25) is 0 Å². The Morgan fingerprint density at radius 2 is 0.868 bits per heavy atom. The number of pyridine rings is 1. The van der Waals surface area contributed by atoms with Crippen LogP contribution in [0, 0.1) is 0 Å². The van der Waals surface area contributed by atoms with Gasteiger partial charge in [-0.15, -0.1) is 0 Å².